The van der Waals surface area contributed by atoms with Gasteiger partial charge in [-0.25, -0.2) is 9.50 Å². The second-order valence-corrected chi connectivity index (χ2v) is 12.6. The lowest BCUT2D eigenvalue weighted by Gasteiger charge is -2.25. The van der Waals surface area contributed by atoms with Gasteiger partial charge in [-0.1, -0.05) is 26.0 Å². The first-order chi connectivity index (χ1) is 20.9. The molecule has 1 aromatic carbocycles. The van der Waals surface area contributed by atoms with E-state index in [1.54, 1.807) is 0 Å². The molecule has 1 amide bonds. The van der Waals surface area contributed by atoms with Gasteiger partial charge in [0.05, 0.1) is 34.2 Å². The number of carbonyl (C=O) groups is 1. The molecule has 43 heavy (non-hydrogen) atoms. The highest BCUT2D eigenvalue weighted by Gasteiger charge is 2.39. The lowest BCUT2D eigenvalue weighted by atomic mass is 10.0. The van der Waals surface area contributed by atoms with Gasteiger partial charge >= 0.3 is 0 Å². The minimum absolute atomic E-state index is 0.00659. The molecule has 8 rings (SSSR count). The van der Waals surface area contributed by atoms with E-state index in [4.69, 9.17) is 15.8 Å². The number of benzene rings is 1. The Kier molecular flexibility index (Phi) is 5.94. The Morgan fingerprint density at radius 2 is 1.93 bits per heavy atom. The molecular weight excluding hydrogens is 536 g/mol. The van der Waals surface area contributed by atoms with Crippen LogP contribution in [0.5, 0.6) is 0 Å². The van der Waals surface area contributed by atoms with Gasteiger partial charge in [0, 0.05) is 53.3 Å². The maximum atomic E-state index is 13.6. The van der Waals surface area contributed by atoms with E-state index in [1.807, 2.05) is 33.9 Å². The van der Waals surface area contributed by atoms with Gasteiger partial charge in [-0.3, -0.25) is 9.89 Å². The largest absolute Gasteiger partial charge is 0.334 e. The fourth-order valence-corrected chi connectivity index (χ4v) is 6.91. The van der Waals surface area contributed by atoms with Gasteiger partial charge in [-0.15, -0.1) is 0 Å². The van der Waals surface area contributed by atoms with Crippen LogP contribution < -0.4 is 5.73 Å². The van der Waals surface area contributed by atoms with E-state index in [9.17, 15) is 4.79 Å². The molecule has 3 N–H and O–H groups in total. The van der Waals surface area contributed by atoms with Crippen LogP contribution in [0, 0.1) is 18.8 Å². The van der Waals surface area contributed by atoms with Crippen molar-refractivity contribution >= 4 is 33.4 Å². The maximum Gasteiger partial charge on any atom is 0.255 e. The molecule has 1 aliphatic heterocycles. The van der Waals surface area contributed by atoms with E-state index >= 15 is 0 Å². The molecule has 6 heterocycles. The van der Waals surface area contributed by atoms with E-state index in [2.05, 4.69) is 71.9 Å². The summed E-state index contributed by atoms with van der Waals surface area (Å²) in [4.78, 5) is 20.8. The van der Waals surface area contributed by atoms with Crippen molar-refractivity contribution in [3.05, 3.63) is 72.1 Å². The number of rotatable bonds is 6. The van der Waals surface area contributed by atoms with Crippen LogP contribution in [0.3, 0.4) is 0 Å². The van der Waals surface area contributed by atoms with Crippen molar-refractivity contribution in [2.75, 3.05) is 6.54 Å². The van der Waals surface area contributed by atoms with Crippen LogP contribution in [0.15, 0.2) is 60.9 Å². The molecule has 0 spiro atoms. The molecule has 0 bridgehead atoms. The SMILES string of the molecule is CCC1[C@H](N)C(C)CN1C(=O)c1ccc2c(C)c(-c3cc4ccc(-c5ccc6cn[nH]c6c5)nc4n3CC3CC3)nn2c1. The van der Waals surface area contributed by atoms with Crippen molar-refractivity contribution in [3.8, 4) is 22.6 Å². The van der Waals surface area contributed by atoms with E-state index in [0.29, 0.717) is 18.0 Å². The van der Waals surface area contributed by atoms with Crippen molar-refractivity contribution in [1.82, 2.24) is 34.3 Å². The second-order valence-electron chi connectivity index (χ2n) is 12.6. The van der Waals surface area contributed by atoms with E-state index in [-0.39, 0.29) is 23.9 Å². The van der Waals surface area contributed by atoms with Crippen molar-refractivity contribution < 1.29 is 4.79 Å². The Morgan fingerprint density at radius 3 is 2.74 bits per heavy atom. The van der Waals surface area contributed by atoms with Crippen molar-refractivity contribution in [3.63, 3.8) is 0 Å². The first kappa shape index (κ1) is 26.2. The molecule has 1 aliphatic carbocycles. The average molecular weight is 573 g/mol. The lowest BCUT2D eigenvalue weighted by molar-refractivity contribution is 0.0724. The van der Waals surface area contributed by atoms with Crippen molar-refractivity contribution in [2.24, 2.45) is 17.6 Å². The Bertz CT molecular complexity index is 2030. The van der Waals surface area contributed by atoms with Gasteiger partial charge in [0.15, 0.2) is 0 Å². The number of carbonyl (C=O) groups excluding carboxylic acids is 1. The Hall–Kier alpha value is -4.50. The standard InChI is InChI=1S/C34H36N8O/c1-4-28-31(35)19(2)16-41(28)34(43)25-10-12-29-20(3)32(39-42(29)18-25)30-14-23-9-11-26(37-33(23)40(30)17-21-5-6-21)22-7-8-24-15-36-38-27(24)13-22/h7-15,18-19,21,28,31H,4-6,16-17,35H2,1-3H3,(H,36,38)/t19?,28?,31-/m1/s1. The van der Waals surface area contributed by atoms with Gasteiger partial charge < -0.3 is 15.2 Å². The number of nitrogens with zero attached hydrogens (tertiary/aromatic N) is 6. The summed E-state index contributed by atoms with van der Waals surface area (Å²) in [5.41, 5.74) is 15.1. The number of aromatic nitrogens is 6. The molecule has 0 radical (unpaired) electrons. The molecular formula is C34H36N8O. The van der Waals surface area contributed by atoms with Gasteiger partial charge in [0.2, 0.25) is 0 Å². The van der Waals surface area contributed by atoms with Crippen LogP contribution in [0.25, 0.3) is 50.1 Å². The molecule has 2 unspecified atom stereocenters. The van der Waals surface area contributed by atoms with Crippen LogP contribution in [0.4, 0.5) is 0 Å². The zero-order valence-electron chi connectivity index (χ0n) is 24.8. The number of hydrogen-bond donors (Lipinski definition) is 2. The fraction of sp³-hybridized carbons (Fsp3) is 0.353. The van der Waals surface area contributed by atoms with Crippen molar-refractivity contribution in [2.45, 2.75) is 58.7 Å². The Morgan fingerprint density at radius 1 is 1.09 bits per heavy atom. The van der Waals surface area contributed by atoms with Gasteiger partial charge in [0.1, 0.15) is 11.3 Å². The summed E-state index contributed by atoms with van der Waals surface area (Å²) < 4.78 is 4.22. The summed E-state index contributed by atoms with van der Waals surface area (Å²) in [5.74, 6) is 0.965. The molecule has 2 fully saturated rings. The number of aromatic amines is 1. The zero-order chi connectivity index (χ0) is 29.4. The number of amides is 1. The van der Waals surface area contributed by atoms with Crippen LogP contribution in [-0.4, -0.2) is 58.8 Å². The molecule has 9 heteroatoms. The Labute approximate surface area is 249 Å². The molecule has 5 aromatic heterocycles. The first-order valence-electron chi connectivity index (χ1n) is 15.4. The number of fused-ring (bicyclic) bond motifs is 3. The van der Waals surface area contributed by atoms with Crippen LogP contribution in [-0.2, 0) is 6.54 Å². The summed E-state index contributed by atoms with van der Waals surface area (Å²) in [5, 5.41) is 14.5. The third-order valence-electron chi connectivity index (χ3n) is 9.65. The summed E-state index contributed by atoms with van der Waals surface area (Å²) in [6.45, 7) is 7.95. The van der Waals surface area contributed by atoms with Gasteiger partial charge in [-0.05, 0) is 74.4 Å². The van der Waals surface area contributed by atoms with Crippen LogP contribution >= 0.6 is 0 Å². The molecule has 6 aromatic rings. The lowest BCUT2D eigenvalue weighted by Crippen LogP contribution is -2.42. The van der Waals surface area contributed by atoms with Crippen LogP contribution in [0.1, 0.15) is 49.0 Å². The minimum Gasteiger partial charge on any atom is -0.334 e. The molecule has 3 atom stereocenters. The number of nitrogens with one attached hydrogen (secondary N) is 1. The highest BCUT2D eigenvalue weighted by Crippen LogP contribution is 2.37. The molecule has 9 nitrogen and oxygen atoms in total. The smallest absolute Gasteiger partial charge is 0.255 e. The maximum absolute atomic E-state index is 13.6. The predicted molar refractivity (Wildman–Crippen MR) is 169 cm³/mol. The van der Waals surface area contributed by atoms with Crippen molar-refractivity contribution in [1.29, 1.82) is 0 Å². The first-order valence-corrected chi connectivity index (χ1v) is 15.4. The monoisotopic (exact) mass is 572 g/mol. The van der Waals surface area contributed by atoms with Gasteiger partial charge in [0.25, 0.3) is 5.91 Å². The summed E-state index contributed by atoms with van der Waals surface area (Å²) in [6.07, 6.45) is 7.04. The third kappa shape index (κ3) is 4.25. The summed E-state index contributed by atoms with van der Waals surface area (Å²) in [7, 11) is 0. The van der Waals surface area contributed by atoms with Gasteiger partial charge in [-0.2, -0.15) is 10.2 Å². The van der Waals surface area contributed by atoms with E-state index in [0.717, 1.165) is 68.6 Å². The second kappa shape index (κ2) is 9.77. The molecule has 1 saturated heterocycles. The minimum atomic E-state index is 0.00659. The summed E-state index contributed by atoms with van der Waals surface area (Å²) in [6, 6.07) is 16.8. The van der Waals surface area contributed by atoms with E-state index < -0.39 is 0 Å². The average Bonchev–Trinajstić information content (AvgIpc) is 3.31. The molecule has 2 aliphatic rings. The summed E-state index contributed by atoms with van der Waals surface area (Å²) >= 11 is 0. The van der Waals surface area contributed by atoms with E-state index in [1.165, 1.54) is 12.8 Å². The predicted octanol–water partition coefficient (Wildman–Crippen LogP) is 5.81. The van der Waals surface area contributed by atoms with Crippen LogP contribution in [0.2, 0.25) is 0 Å². The molecule has 1 saturated carbocycles. The highest BCUT2D eigenvalue weighted by atomic mass is 16.2. The fourth-order valence-electron chi connectivity index (χ4n) is 6.91. The number of nitrogens with two attached hydrogens (primary N) is 1. The zero-order valence-corrected chi connectivity index (χ0v) is 24.8. The number of aryl methyl sites for hydroxylation is 1. The number of pyridine rings is 2. The molecule has 218 valence electrons. The number of hydrogen-bond acceptors (Lipinski definition) is 5. The quantitative estimate of drug-likeness (QED) is 0.262. The number of H-pyrrole nitrogens is 1. The topological polar surface area (TPSA) is 110 Å². The third-order valence-corrected chi connectivity index (χ3v) is 9.65. The highest BCUT2D eigenvalue weighted by molar-refractivity contribution is 5.95. The number of likely N-dealkylation sites (tertiary alicyclic amines) is 1. The normalized spacial score (nSPS) is 20.7. The Balaban J connectivity index is 1.20.